The maximum atomic E-state index is 11.2. The molecular formula is C14H19NO3. The third kappa shape index (κ3) is 3.09. The quantitative estimate of drug-likeness (QED) is 0.766. The van der Waals surface area contributed by atoms with Crippen LogP contribution in [-0.2, 0) is 9.47 Å². The Bertz CT molecular complexity index is 400. The summed E-state index contributed by atoms with van der Waals surface area (Å²) in [6.45, 7) is 6.44. The van der Waals surface area contributed by atoms with E-state index in [0.29, 0.717) is 13.2 Å². The largest absolute Gasteiger partial charge is 0.364 e. The maximum Gasteiger partial charge on any atom is 0.174 e. The number of hydrogen-bond donors (Lipinski definition) is 0. The first-order valence-electron chi connectivity index (χ1n) is 6.30. The van der Waals surface area contributed by atoms with Gasteiger partial charge in [-0.05, 0) is 38.1 Å². The number of Topliss-reactive ketones (excluding diaryl/α,β-unsaturated/α-hetero) is 1. The zero-order chi connectivity index (χ0) is 13.0. The predicted octanol–water partition coefficient (Wildman–Crippen LogP) is 2.09. The molecule has 4 heteroatoms. The molecule has 1 fully saturated rings. The number of morpholine rings is 1. The molecule has 0 unspecified atom stereocenters. The normalized spacial score (nSPS) is 19.9. The molecule has 1 aliphatic rings. The fraction of sp³-hybridized carbons (Fsp3) is 0.500. The standard InChI is InChI=1S/C14H19NO3/c1-3-17-14-10-15(8-9-18-14)13-6-4-12(5-7-13)11(2)16/h4-7,14H,3,8-10H2,1-2H3/t14-/m1/s1. The number of nitrogens with zero attached hydrogens (tertiary/aromatic N) is 1. The summed E-state index contributed by atoms with van der Waals surface area (Å²) in [5.41, 5.74) is 1.85. The van der Waals surface area contributed by atoms with Gasteiger partial charge < -0.3 is 14.4 Å². The number of ketones is 1. The van der Waals surface area contributed by atoms with Gasteiger partial charge in [0.2, 0.25) is 0 Å². The highest BCUT2D eigenvalue weighted by atomic mass is 16.7. The SMILES string of the molecule is CCO[C@H]1CN(c2ccc(C(C)=O)cc2)CCO1. The number of rotatable bonds is 4. The van der Waals surface area contributed by atoms with Crippen molar-refractivity contribution in [2.45, 2.75) is 20.1 Å². The Hall–Kier alpha value is -1.39. The lowest BCUT2D eigenvalue weighted by Gasteiger charge is -2.34. The molecule has 1 aromatic carbocycles. The third-order valence-electron chi connectivity index (χ3n) is 3.03. The van der Waals surface area contributed by atoms with Crippen molar-refractivity contribution in [3.05, 3.63) is 29.8 Å². The highest BCUT2D eigenvalue weighted by Gasteiger charge is 2.20. The summed E-state index contributed by atoms with van der Waals surface area (Å²) >= 11 is 0. The molecule has 0 amide bonds. The Labute approximate surface area is 107 Å². The van der Waals surface area contributed by atoms with E-state index < -0.39 is 0 Å². The van der Waals surface area contributed by atoms with Crippen molar-refractivity contribution in [3.63, 3.8) is 0 Å². The van der Waals surface area contributed by atoms with E-state index in [9.17, 15) is 4.79 Å². The molecule has 1 aliphatic heterocycles. The molecule has 4 nitrogen and oxygen atoms in total. The first kappa shape index (κ1) is 13.1. The van der Waals surface area contributed by atoms with Crippen LogP contribution in [0.15, 0.2) is 24.3 Å². The van der Waals surface area contributed by atoms with Crippen LogP contribution in [0, 0.1) is 0 Å². The lowest BCUT2D eigenvalue weighted by molar-refractivity contribution is -0.143. The average molecular weight is 249 g/mol. The summed E-state index contributed by atoms with van der Waals surface area (Å²) in [6.07, 6.45) is -0.156. The second-order valence-corrected chi connectivity index (χ2v) is 4.30. The summed E-state index contributed by atoms with van der Waals surface area (Å²) in [7, 11) is 0. The van der Waals surface area contributed by atoms with Crippen LogP contribution >= 0.6 is 0 Å². The molecule has 0 bridgehead atoms. The number of anilines is 1. The van der Waals surface area contributed by atoms with Crippen molar-refractivity contribution >= 4 is 11.5 Å². The third-order valence-corrected chi connectivity index (χ3v) is 3.03. The molecule has 2 rings (SSSR count). The number of carbonyl (C=O) groups excluding carboxylic acids is 1. The summed E-state index contributed by atoms with van der Waals surface area (Å²) in [4.78, 5) is 13.4. The van der Waals surface area contributed by atoms with E-state index in [0.717, 1.165) is 24.3 Å². The Kier molecular flexibility index (Phi) is 4.33. The van der Waals surface area contributed by atoms with E-state index >= 15 is 0 Å². The van der Waals surface area contributed by atoms with Gasteiger partial charge in [-0.15, -0.1) is 0 Å². The van der Waals surface area contributed by atoms with Crippen LogP contribution in [0.4, 0.5) is 5.69 Å². The van der Waals surface area contributed by atoms with E-state index in [1.807, 2.05) is 31.2 Å². The lowest BCUT2D eigenvalue weighted by atomic mass is 10.1. The van der Waals surface area contributed by atoms with Gasteiger partial charge in [0.05, 0.1) is 13.2 Å². The molecule has 0 spiro atoms. The van der Waals surface area contributed by atoms with Crippen molar-refractivity contribution in [1.29, 1.82) is 0 Å². The number of benzene rings is 1. The minimum absolute atomic E-state index is 0.0933. The average Bonchev–Trinajstić information content (AvgIpc) is 2.39. The Morgan fingerprint density at radius 1 is 1.44 bits per heavy atom. The highest BCUT2D eigenvalue weighted by molar-refractivity contribution is 5.94. The van der Waals surface area contributed by atoms with Gasteiger partial charge in [-0.3, -0.25) is 4.79 Å². The molecule has 1 aromatic rings. The molecule has 1 saturated heterocycles. The topological polar surface area (TPSA) is 38.8 Å². The highest BCUT2D eigenvalue weighted by Crippen LogP contribution is 2.19. The molecular weight excluding hydrogens is 230 g/mol. The van der Waals surface area contributed by atoms with E-state index in [-0.39, 0.29) is 12.1 Å². The van der Waals surface area contributed by atoms with Crippen LogP contribution in [0.1, 0.15) is 24.2 Å². The summed E-state index contributed by atoms with van der Waals surface area (Å²) in [5.74, 6) is 0.0933. The summed E-state index contributed by atoms with van der Waals surface area (Å²) < 4.78 is 11.0. The fourth-order valence-corrected chi connectivity index (χ4v) is 2.05. The van der Waals surface area contributed by atoms with Gasteiger partial charge in [-0.2, -0.15) is 0 Å². The van der Waals surface area contributed by atoms with Gasteiger partial charge in [0.15, 0.2) is 12.1 Å². The van der Waals surface area contributed by atoms with Crippen LogP contribution < -0.4 is 4.90 Å². The van der Waals surface area contributed by atoms with E-state index in [1.54, 1.807) is 6.92 Å². The van der Waals surface area contributed by atoms with E-state index in [2.05, 4.69) is 4.90 Å². The Balaban J connectivity index is 2.04. The van der Waals surface area contributed by atoms with Crippen molar-refractivity contribution in [1.82, 2.24) is 0 Å². The van der Waals surface area contributed by atoms with Gasteiger partial charge in [-0.1, -0.05) is 0 Å². The first-order valence-corrected chi connectivity index (χ1v) is 6.30. The monoisotopic (exact) mass is 249 g/mol. The summed E-state index contributed by atoms with van der Waals surface area (Å²) in [6, 6.07) is 7.68. The number of ether oxygens (including phenoxy) is 2. The molecule has 98 valence electrons. The second-order valence-electron chi connectivity index (χ2n) is 4.30. The van der Waals surface area contributed by atoms with Gasteiger partial charge >= 0.3 is 0 Å². The molecule has 1 heterocycles. The zero-order valence-electron chi connectivity index (χ0n) is 10.9. The smallest absolute Gasteiger partial charge is 0.174 e. The van der Waals surface area contributed by atoms with Crippen LogP contribution in [-0.4, -0.2) is 38.4 Å². The minimum Gasteiger partial charge on any atom is -0.364 e. The van der Waals surface area contributed by atoms with Gasteiger partial charge in [0, 0.05) is 24.4 Å². The zero-order valence-corrected chi connectivity index (χ0v) is 10.9. The molecule has 0 N–H and O–H groups in total. The Morgan fingerprint density at radius 3 is 2.78 bits per heavy atom. The van der Waals surface area contributed by atoms with Crippen LogP contribution in [0.3, 0.4) is 0 Å². The van der Waals surface area contributed by atoms with Gasteiger partial charge in [0.25, 0.3) is 0 Å². The molecule has 0 aromatic heterocycles. The van der Waals surface area contributed by atoms with Crippen molar-refractivity contribution in [2.24, 2.45) is 0 Å². The van der Waals surface area contributed by atoms with Gasteiger partial charge in [-0.25, -0.2) is 0 Å². The summed E-state index contributed by atoms with van der Waals surface area (Å²) in [5, 5.41) is 0. The van der Waals surface area contributed by atoms with E-state index in [4.69, 9.17) is 9.47 Å². The van der Waals surface area contributed by atoms with Crippen molar-refractivity contribution < 1.29 is 14.3 Å². The predicted molar refractivity (Wildman–Crippen MR) is 70.0 cm³/mol. The Morgan fingerprint density at radius 2 is 2.17 bits per heavy atom. The van der Waals surface area contributed by atoms with Gasteiger partial charge in [0.1, 0.15) is 0 Å². The molecule has 1 atom stereocenters. The number of carbonyl (C=O) groups is 1. The molecule has 0 radical (unpaired) electrons. The van der Waals surface area contributed by atoms with Crippen molar-refractivity contribution in [3.8, 4) is 0 Å². The lowest BCUT2D eigenvalue weighted by Crippen LogP contribution is -2.43. The maximum absolute atomic E-state index is 11.2. The molecule has 0 saturated carbocycles. The van der Waals surface area contributed by atoms with Crippen molar-refractivity contribution in [2.75, 3.05) is 31.2 Å². The second kappa shape index (κ2) is 5.98. The van der Waals surface area contributed by atoms with Crippen LogP contribution in [0.2, 0.25) is 0 Å². The van der Waals surface area contributed by atoms with E-state index in [1.165, 1.54) is 0 Å². The number of hydrogen-bond acceptors (Lipinski definition) is 4. The van der Waals surface area contributed by atoms with Crippen LogP contribution in [0.25, 0.3) is 0 Å². The molecule has 0 aliphatic carbocycles. The van der Waals surface area contributed by atoms with Crippen LogP contribution in [0.5, 0.6) is 0 Å². The minimum atomic E-state index is -0.156. The molecule has 18 heavy (non-hydrogen) atoms. The fourth-order valence-electron chi connectivity index (χ4n) is 2.05. The first-order chi connectivity index (χ1) is 8.70.